The topological polar surface area (TPSA) is 38.8 Å². The minimum atomic E-state index is 0.00963. The van der Waals surface area contributed by atoms with E-state index in [0.29, 0.717) is 23.1 Å². The quantitative estimate of drug-likeness (QED) is 0.227. The van der Waals surface area contributed by atoms with Crippen molar-refractivity contribution in [1.29, 1.82) is 0 Å². The fourth-order valence-electron chi connectivity index (χ4n) is 5.19. The van der Waals surface area contributed by atoms with Crippen LogP contribution in [-0.4, -0.2) is 30.6 Å². The van der Waals surface area contributed by atoms with Crippen molar-refractivity contribution in [3.05, 3.63) is 82.2 Å². The van der Waals surface area contributed by atoms with Gasteiger partial charge in [0.15, 0.2) is 0 Å². The number of thiophene rings is 1. The van der Waals surface area contributed by atoms with Gasteiger partial charge in [-0.15, -0.1) is 11.3 Å². The van der Waals surface area contributed by atoms with E-state index in [-0.39, 0.29) is 11.9 Å². The Morgan fingerprint density at radius 2 is 1.73 bits per heavy atom. The van der Waals surface area contributed by atoms with Gasteiger partial charge < -0.3 is 14.4 Å². The molecular weight excluding hydrogens is 502 g/mol. The second kappa shape index (κ2) is 11.6. The Hall–Kier alpha value is -3.02. The van der Waals surface area contributed by atoms with Gasteiger partial charge in [-0.1, -0.05) is 67.3 Å². The van der Waals surface area contributed by atoms with Gasteiger partial charge in [-0.25, -0.2) is 0 Å². The molecule has 1 amide bonds. The molecule has 0 unspecified atom stereocenters. The van der Waals surface area contributed by atoms with Crippen molar-refractivity contribution >= 4 is 38.9 Å². The molecule has 0 aliphatic heterocycles. The van der Waals surface area contributed by atoms with Crippen LogP contribution in [0.25, 0.3) is 21.2 Å². The van der Waals surface area contributed by atoms with Crippen LogP contribution < -0.4 is 9.47 Å². The van der Waals surface area contributed by atoms with Gasteiger partial charge in [0.2, 0.25) is 0 Å². The Bertz CT molecular complexity index is 1380. The smallest absolute Gasteiger partial charge is 0.266 e. The monoisotopic (exact) mass is 533 g/mol. The largest absolute Gasteiger partial charge is 0.497 e. The molecule has 4 nitrogen and oxygen atoms in total. The zero-order valence-corrected chi connectivity index (χ0v) is 22.9. The molecule has 37 heavy (non-hydrogen) atoms. The van der Waals surface area contributed by atoms with Crippen LogP contribution in [0.4, 0.5) is 0 Å². The van der Waals surface area contributed by atoms with Crippen molar-refractivity contribution in [2.45, 2.75) is 51.6 Å². The van der Waals surface area contributed by atoms with E-state index in [2.05, 4.69) is 24.3 Å². The van der Waals surface area contributed by atoms with Crippen LogP contribution in [0.1, 0.15) is 54.3 Å². The van der Waals surface area contributed by atoms with Crippen LogP contribution in [-0.2, 0) is 6.54 Å². The highest BCUT2D eigenvalue weighted by atomic mass is 35.5. The molecule has 0 spiro atoms. The molecule has 0 N–H and O–H groups in total. The highest BCUT2D eigenvalue weighted by Gasteiger charge is 2.30. The number of fused-ring (bicyclic) bond motifs is 1. The van der Waals surface area contributed by atoms with Crippen LogP contribution in [0.5, 0.6) is 11.5 Å². The first-order valence-corrected chi connectivity index (χ1v) is 14.2. The van der Waals surface area contributed by atoms with Crippen LogP contribution in [0.15, 0.2) is 66.7 Å². The van der Waals surface area contributed by atoms with Gasteiger partial charge in [0.1, 0.15) is 16.4 Å². The number of halogens is 1. The SMILES string of the molecule is CCOc1ccc(-c2ccc(OC)cc2)cc1CN(C(=O)c1sc2ccccc2c1Cl)C1CCCCC1. The summed E-state index contributed by atoms with van der Waals surface area (Å²) < 4.78 is 12.4. The molecule has 0 atom stereocenters. The van der Waals surface area contributed by atoms with Crippen molar-refractivity contribution in [3.63, 3.8) is 0 Å². The van der Waals surface area contributed by atoms with Gasteiger partial charge in [-0.2, -0.15) is 0 Å². The molecule has 1 fully saturated rings. The lowest BCUT2D eigenvalue weighted by molar-refractivity contribution is 0.0617. The maximum atomic E-state index is 14.1. The van der Waals surface area contributed by atoms with E-state index in [1.54, 1.807) is 7.11 Å². The number of nitrogens with zero attached hydrogens (tertiary/aromatic N) is 1. The number of hydrogen-bond donors (Lipinski definition) is 0. The van der Waals surface area contributed by atoms with Crippen LogP contribution >= 0.6 is 22.9 Å². The molecular formula is C31H32ClNO3S. The lowest BCUT2D eigenvalue weighted by Crippen LogP contribution is -2.40. The first-order valence-electron chi connectivity index (χ1n) is 13.0. The number of carbonyl (C=O) groups excluding carboxylic acids is 1. The fourth-order valence-corrected chi connectivity index (χ4v) is 6.66. The summed E-state index contributed by atoms with van der Waals surface area (Å²) in [6.45, 7) is 3.03. The lowest BCUT2D eigenvalue weighted by Gasteiger charge is -2.35. The fraction of sp³-hybridized carbons (Fsp3) is 0.323. The van der Waals surface area contributed by atoms with Gasteiger partial charge in [-0.05, 0) is 61.2 Å². The van der Waals surface area contributed by atoms with E-state index in [9.17, 15) is 4.79 Å². The second-order valence-corrected chi connectivity index (χ2v) is 10.9. The average Bonchev–Trinajstić information content (AvgIpc) is 3.29. The molecule has 1 saturated carbocycles. The summed E-state index contributed by atoms with van der Waals surface area (Å²) >= 11 is 8.26. The van der Waals surface area contributed by atoms with Gasteiger partial charge in [0.05, 0.1) is 18.7 Å². The van der Waals surface area contributed by atoms with E-state index in [1.165, 1.54) is 17.8 Å². The zero-order valence-electron chi connectivity index (χ0n) is 21.3. The molecule has 1 heterocycles. The molecule has 0 saturated heterocycles. The van der Waals surface area contributed by atoms with Crippen LogP contribution in [0.3, 0.4) is 0 Å². The third kappa shape index (κ3) is 5.48. The zero-order chi connectivity index (χ0) is 25.8. The molecule has 0 bridgehead atoms. The highest BCUT2D eigenvalue weighted by Crippen LogP contribution is 2.38. The summed E-state index contributed by atoms with van der Waals surface area (Å²) in [7, 11) is 1.67. The van der Waals surface area contributed by atoms with Crippen molar-refractivity contribution in [3.8, 4) is 22.6 Å². The van der Waals surface area contributed by atoms with Crippen molar-refractivity contribution < 1.29 is 14.3 Å². The third-order valence-corrected chi connectivity index (χ3v) is 8.79. The van der Waals surface area contributed by atoms with Gasteiger partial charge in [-0.3, -0.25) is 4.79 Å². The van der Waals surface area contributed by atoms with E-state index in [0.717, 1.165) is 64.0 Å². The van der Waals surface area contributed by atoms with E-state index < -0.39 is 0 Å². The Labute approximate surface area is 227 Å². The third-order valence-electron chi connectivity index (χ3n) is 7.13. The molecule has 5 rings (SSSR count). The second-order valence-electron chi connectivity index (χ2n) is 9.45. The normalized spacial score (nSPS) is 14.0. The lowest BCUT2D eigenvalue weighted by atomic mass is 9.93. The average molecular weight is 534 g/mol. The summed E-state index contributed by atoms with van der Waals surface area (Å²) in [5.74, 6) is 1.65. The standard InChI is InChI=1S/C31H32ClNO3S/c1-3-36-27-18-15-22(21-13-16-25(35-2)17-14-21)19-23(27)20-33(24-9-5-4-6-10-24)31(34)30-29(32)26-11-7-8-12-28(26)37-30/h7-8,11-19,24H,3-6,9-10,20H2,1-2H3. The number of amides is 1. The predicted octanol–water partition coefficient (Wildman–Crippen LogP) is 8.60. The molecule has 1 aliphatic rings. The van der Waals surface area contributed by atoms with E-state index in [1.807, 2.05) is 54.3 Å². The highest BCUT2D eigenvalue weighted by molar-refractivity contribution is 7.21. The number of carbonyl (C=O) groups is 1. The Balaban J connectivity index is 1.53. The Kier molecular flexibility index (Phi) is 8.02. The summed E-state index contributed by atoms with van der Waals surface area (Å²) in [4.78, 5) is 16.8. The molecule has 1 aromatic heterocycles. The van der Waals surface area contributed by atoms with Crippen LogP contribution in [0, 0.1) is 0 Å². The molecule has 0 radical (unpaired) electrons. The summed E-state index contributed by atoms with van der Waals surface area (Å²) in [5.41, 5.74) is 3.18. The maximum Gasteiger partial charge on any atom is 0.266 e. The maximum absolute atomic E-state index is 14.1. The van der Waals surface area contributed by atoms with Crippen molar-refractivity contribution in [2.75, 3.05) is 13.7 Å². The predicted molar refractivity (Wildman–Crippen MR) is 153 cm³/mol. The number of rotatable bonds is 8. The van der Waals surface area contributed by atoms with Crippen molar-refractivity contribution in [2.24, 2.45) is 0 Å². The molecule has 3 aromatic carbocycles. The molecule has 6 heteroatoms. The number of hydrogen-bond acceptors (Lipinski definition) is 4. The summed E-state index contributed by atoms with van der Waals surface area (Å²) in [5, 5.41) is 1.50. The first kappa shape index (κ1) is 25.6. The minimum absolute atomic E-state index is 0.00963. The first-order chi connectivity index (χ1) is 18.1. The van der Waals surface area contributed by atoms with Gasteiger partial charge in [0, 0.05) is 28.2 Å². The number of benzene rings is 3. The number of methoxy groups -OCH3 is 1. The van der Waals surface area contributed by atoms with E-state index in [4.69, 9.17) is 21.1 Å². The molecule has 1 aliphatic carbocycles. The number of ether oxygens (including phenoxy) is 2. The van der Waals surface area contributed by atoms with Crippen molar-refractivity contribution in [1.82, 2.24) is 4.90 Å². The van der Waals surface area contributed by atoms with E-state index >= 15 is 0 Å². The minimum Gasteiger partial charge on any atom is -0.497 e. The molecule has 192 valence electrons. The van der Waals surface area contributed by atoms with Gasteiger partial charge in [0.25, 0.3) is 5.91 Å². The summed E-state index contributed by atoms with van der Waals surface area (Å²) in [6, 6.07) is 22.4. The molecule has 4 aromatic rings. The Morgan fingerprint density at radius 1 is 1.00 bits per heavy atom. The van der Waals surface area contributed by atoms with Crippen LogP contribution in [0.2, 0.25) is 5.02 Å². The van der Waals surface area contributed by atoms with Gasteiger partial charge >= 0.3 is 0 Å². The summed E-state index contributed by atoms with van der Waals surface area (Å²) in [6.07, 6.45) is 5.52. The Morgan fingerprint density at radius 3 is 2.43 bits per heavy atom.